The highest BCUT2D eigenvalue weighted by Crippen LogP contribution is 2.20. The fourth-order valence-electron chi connectivity index (χ4n) is 2.60. The summed E-state index contributed by atoms with van der Waals surface area (Å²) in [6, 6.07) is 5.24. The number of halogens is 1. The molecule has 0 aliphatic carbocycles. The van der Waals surface area contributed by atoms with Gasteiger partial charge >= 0.3 is 5.97 Å². The van der Waals surface area contributed by atoms with Gasteiger partial charge in [0.05, 0.1) is 7.11 Å². The van der Waals surface area contributed by atoms with Crippen molar-refractivity contribution in [3.05, 3.63) is 35.8 Å². The highest BCUT2D eigenvalue weighted by atomic mass is 19.1. The molecule has 23 heavy (non-hydrogen) atoms. The molecule has 0 saturated heterocycles. The lowest BCUT2D eigenvalue weighted by molar-refractivity contribution is -0.143. The van der Waals surface area contributed by atoms with Crippen molar-refractivity contribution in [1.82, 2.24) is 9.88 Å². The molecule has 1 N–H and O–H groups in total. The van der Waals surface area contributed by atoms with Gasteiger partial charge in [0.25, 0.3) is 5.91 Å². The van der Waals surface area contributed by atoms with E-state index in [2.05, 4.69) is 5.32 Å². The zero-order chi connectivity index (χ0) is 17.1. The normalized spacial score (nSPS) is 12.4. The van der Waals surface area contributed by atoms with E-state index in [1.54, 1.807) is 23.7 Å². The van der Waals surface area contributed by atoms with E-state index in [1.807, 2.05) is 13.8 Å². The number of hydrogen-bond acceptors (Lipinski definition) is 3. The van der Waals surface area contributed by atoms with Crippen molar-refractivity contribution in [3.63, 3.8) is 0 Å². The molecule has 0 saturated carbocycles. The third-order valence-corrected chi connectivity index (χ3v) is 3.74. The van der Waals surface area contributed by atoms with E-state index in [4.69, 9.17) is 4.74 Å². The summed E-state index contributed by atoms with van der Waals surface area (Å²) in [4.78, 5) is 24.3. The predicted molar refractivity (Wildman–Crippen MR) is 85.6 cm³/mol. The van der Waals surface area contributed by atoms with E-state index in [0.29, 0.717) is 17.5 Å². The Kier molecular flexibility index (Phi) is 5.03. The number of methoxy groups -OCH3 is 1. The van der Waals surface area contributed by atoms with Crippen molar-refractivity contribution in [3.8, 4) is 0 Å². The smallest absolute Gasteiger partial charge is 0.328 e. The lowest BCUT2D eigenvalue weighted by atomic mass is 10.0. The largest absolute Gasteiger partial charge is 0.467 e. The lowest BCUT2D eigenvalue weighted by Gasteiger charge is -2.18. The van der Waals surface area contributed by atoms with Crippen LogP contribution in [0.3, 0.4) is 0 Å². The Bertz CT molecular complexity index is 737. The van der Waals surface area contributed by atoms with Crippen LogP contribution in [0.5, 0.6) is 0 Å². The number of nitrogens with one attached hydrogen (secondary N) is 1. The second-order valence-electron chi connectivity index (χ2n) is 5.97. The van der Waals surface area contributed by atoms with Crippen LogP contribution in [0, 0.1) is 11.7 Å². The molecule has 6 heteroatoms. The van der Waals surface area contributed by atoms with Gasteiger partial charge in [0.1, 0.15) is 17.6 Å². The SMILES string of the molecule is COC(=O)C(CC(C)C)NC(=O)c1cc2cc(F)ccc2n1C. The number of esters is 1. The first-order valence-electron chi connectivity index (χ1n) is 7.47. The summed E-state index contributed by atoms with van der Waals surface area (Å²) >= 11 is 0. The highest BCUT2D eigenvalue weighted by Gasteiger charge is 2.24. The first-order valence-corrected chi connectivity index (χ1v) is 7.47. The molecule has 0 radical (unpaired) electrons. The maximum atomic E-state index is 13.3. The minimum absolute atomic E-state index is 0.223. The van der Waals surface area contributed by atoms with Crippen molar-refractivity contribution in [2.45, 2.75) is 26.3 Å². The molecular weight excluding hydrogens is 299 g/mol. The van der Waals surface area contributed by atoms with Crippen LogP contribution in [0.2, 0.25) is 0 Å². The molecular formula is C17H21FN2O3. The monoisotopic (exact) mass is 320 g/mol. The molecule has 1 aromatic carbocycles. The van der Waals surface area contributed by atoms with E-state index in [0.717, 1.165) is 5.52 Å². The fraction of sp³-hybridized carbons (Fsp3) is 0.412. The number of benzene rings is 1. The molecule has 0 bridgehead atoms. The number of aromatic nitrogens is 1. The van der Waals surface area contributed by atoms with Crippen molar-refractivity contribution in [1.29, 1.82) is 0 Å². The second-order valence-corrected chi connectivity index (χ2v) is 5.97. The first-order chi connectivity index (χ1) is 10.8. The van der Waals surface area contributed by atoms with E-state index in [-0.39, 0.29) is 17.6 Å². The average molecular weight is 320 g/mol. The van der Waals surface area contributed by atoms with Gasteiger partial charge < -0.3 is 14.6 Å². The summed E-state index contributed by atoms with van der Waals surface area (Å²) < 4.78 is 19.7. The first kappa shape index (κ1) is 17.0. The van der Waals surface area contributed by atoms with Crippen molar-refractivity contribution < 1.29 is 18.7 Å². The van der Waals surface area contributed by atoms with Gasteiger partial charge in [-0.15, -0.1) is 0 Å². The molecule has 1 unspecified atom stereocenters. The summed E-state index contributed by atoms with van der Waals surface area (Å²) in [5.74, 6) is -1.000. The number of hydrogen-bond donors (Lipinski definition) is 1. The van der Waals surface area contributed by atoms with Crippen molar-refractivity contribution >= 4 is 22.8 Å². The van der Waals surface area contributed by atoms with Gasteiger partial charge in [0, 0.05) is 18.0 Å². The number of rotatable bonds is 5. The van der Waals surface area contributed by atoms with Crippen LogP contribution in [0.15, 0.2) is 24.3 Å². The molecule has 1 heterocycles. The van der Waals surface area contributed by atoms with Crippen LogP contribution in [0.25, 0.3) is 10.9 Å². The Balaban J connectivity index is 2.28. The molecule has 2 rings (SSSR count). The molecule has 0 spiro atoms. The molecule has 2 aromatic rings. The van der Waals surface area contributed by atoms with Crippen molar-refractivity contribution in [2.75, 3.05) is 7.11 Å². The maximum absolute atomic E-state index is 13.3. The Morgan fingerprint density at radius 1 is 1.30 bits per heavy atom. The zero-order valence-electron chi connectivity index (χ0n) is 13.7. The number of amides is 1. The molecule has 124 valence electrons. The topological polar surface area (TPSA) is 60.3 Å². The number of carbonyl (C=O) groups excluding carboxylic acids is 2. The van der Waals surface area contributed by atoms with Gasteiger partial charge in [-0.1, -0.05) is 13.8 Å². The van der Waals surface area contributed by atoms with E-state index < -0.39 is 12.0 Å². The minimum atomic E-state index is -0.706. The molecule has 0 aliphatic rings. The Labute approximate surface area is 134 Å². The molecule has 1 amide bonds. The molecule has 1 aromatic heterocycles. The van der Waals surface area contributed by atoms with Gasteiger partial charge in [-0.25, -0.2) is 9.18 Å². The van der Waals surface area contributed by atoms with Crippen LogP contribution < -0.4 is 5.32 Å². The standard InChI is InChI=1S/C17H21FN2O3/c1-10(2)7-13(17(22)23-4)19-16(21)15-9-11-8-12(18)5-6-14(11)20(15)3/h5-6,8-10,13H,7H2,1-4H3,(H,19,21). The highest BCUT2D eigenvalue weighted by molar-refractivity contribution is 6.00. The van der Waals surface area contributed by atoms with E-state index >= 15 is 0 Å². The third-order valence-electron chi connectivity index (χ3n) is 3.74. The van der Waals surface area contributed by atoms with Gasteiger partial charge in [0.2, 0.25) is 0 Å². The second kappa shape index (κ2) is 6.81. The summed E-state index contributed by atoms with van der Waals surface area (Å²) in [5, 5.41) is 3.34. The van der Waals surface area contributed by atoms with Crippen LogP contribution >= 0.6 is 0 Å². The third kappa shape index (κ3) is 3.70. The number of nitrogens with zero attached hydrogens (tertiary/aromatic N) is 1. The van der Waals surface area contributed by atoms with Gasteiger partial charge in [-0.05, 0) is 36.6 Å². The Hall–Kier alpha value is -2.37. The van der Waals surface area contributed by atoms with Gasteiger partial charge in [0.15, 0.2) is 0 Å². The summed E-state index contributed by atoms with van der Waals surface area (Å²) in [5.41, 5.74) is 1.11. The summed E-state index contributed by atoms with van der Waals surface area (Å²) in [7, 11) is 3.02. The van der Waals surface area contributed by atoms with Crippen LogP contribution in [0.1, 0.15) is 30.8 Å². The number of aryl methyl sites for hydroxylation is 1. The predicted octanol–water partition coefficient (Wildman–Crippen LogP) is 2.63. The summed E-state index contributed by atoms with van der Waals surface area (Å²) in [6.07, 6.45) is 0.483. The van der Waals surface area contributed by atoms with Crippen molar-refractivity contribution in [2.24, 2.45) is 13.0 Å². The lowest BCUT2D eigenvalue weighted by Crippen LogP contribution is -2.42. The Morgan fingerprint density at radius 2 is 2.00 bits per heavy atom. The number of ether oxygens (including phenoxy) is 1. The fourth-order valence-corrected chi connectivity index (χ4v) is 2.60. The molecule has 0 aliphatic heterocycles. The van der Waals surface area contributed by atoms with E-state index in [9.17, 15) is 14.0 Å². The van der Waals surface area contributed by atoms with Crippen LogP contribution in [0.4, 0.5) is 4.39 Å². The average Bonchev–Trinajstić information content (AvgIpc) is 2.81. The Morgan fingerprint density at radius 3 is 2.61 bits per heavy atom. The van der Waals surface area contributed by atoms with Gasteiger partial charge in [-0.2, -0.15) is 0 Å². The quantitative estimate of drug-likeness (QED) is 0.862. The minimum Gasteiger partial charge on any atom is -0.467 e. The maximum Gasteiger partial charge on any atom is 0.328 e. The number of carbonyl (C=O) groups is 2. The molecule has 1 atom stereocenters. The van der Waals surface area contributed by atoms with Gasteiger partial charge in [-0.3, -0.25) is 4.79 Å². The zero-order valence-corrected chi connectivity index (χ0v) is 13.7. The number of fused-ring (bicyclic) bond motifs is 1. The molecule has 5 nitrogen and oxygen atoms in total. The van der Waals surface area contributed by atoms with Crippen LogP contribution in [-0.2, 0) is 16.6 Å². The molecule has 0 fully saturated rings. The van der Waals surface area contributed by atoms with E-state index in [1.165, 1.54) is 19.2 Å². The summed E-state index contributed by atoms with van der Waals surface area (Å²) in [6.45, 7) is 3.92. The van der Waals surface area contributed by atoms with Crippen LogP contribution in [-0.4, -0.2) is 29.6 Å².